The van der Waals surface area contributed by atoms with Crippen LogP contribution < -0.4 is 5.32 Å². The normalized spacial score (nSPS) is 13.7. The molecular formula is C9H12F3N3. The van der Waals surface area contributed by atoms with E-state index in [0.717, 1.165) is 0 Å². The predicted octanol–water partition coefficient (Wildman–Crippen LogP) is 2.54. The Labute approximate surface area is 85.7 Å². The van der Waals surface area contributed by atoms with Crippen LogP contribution in [0.3, 0.4) is 0 Å². The van der Waals surface area contributed by atoms with Gasteiger partial charge in [0.2, 0.25) is 0 Å². The maximum Gasteiger partial charge on any atom is 0.391 e. The van der Waals surface area contributed by atoms with E-state index in [-0.39, 0.29) is 0 Å². The average molecular weight is 219 g/mol. The lowest BCUT2D eigenvalue weighted by Gasteiger charge is -2.16. The first-order valence-corrected chi connectivity index (χ1v) is 4.49. The SMILES string of the molecule is Cc1cc(NC(C)CC(F)(F)F)ncn1. The van der Waals surface area contributed by atoms with Crippen molar-refractivity contribution in [2.24, 2.45) is 0 Å². The Bertz CT molecular complexity index is 325. The van der Waals surface area contributed by atoms with Crippen LogP contribution in [0.1, 0.15) is 19.0 Å². The molecule has 0 amide bonds. The molecule has 1 N–H and O–H groups in total. The first-order valence-electron chi connectivity index (χ1n) is 4.49. The molecule has 1 atom stereocenters. The van der Waals surface area contributed by atoms with Crippen molar-refractivity contribution in [3.8, 4) is 0 Å². The summed E-state index contributed by atoms with van der Waals surface area (Å²) in [5, 5.41) is 2.67. The van der Waals surface area contributed by atoms with Gasteiger partial charge >= 0.3 is 6.18 Å². The van der Waals surface area contributed by atoms with Crippen molar-refractivity contribution in [1.82, 2.24) is 9.97 Å². The number of alkyl halides is 3. The minimum atomic E-state index is -4.16. The highest BCUT2D eigenvalue weighted by Gasteiger charge is 2.29. The van der Waals surface area contributed by atoms with Crippen LogP contribution in [0.4, 0.5) is 19.0 Å². The molecule has 3 nitrogen and oxygen atoms in total. The maximum atomic E-state index is 12.0. The van der Waals surface area contributed by atoms with Crippen molar-refractivity contribution in [2.75, 3.05) is 5.32 Å². The molecule has 0 fully saturated rings. The number of halogens is 3. The molecule has 0 aromatic carbocycles. The van der Waals surface area contributed by atoms with Crippen molar-refractivity contribution in [3.63, 3.8) is 0 Å². The number of anilines is 1. The molecule has 0 radical (unpaired) electrons. The summed E-state index contributed by atoms with van der Waals surface area (Å²) in [6, 6.07) is 0.909. The molecule has 0 saturated heterocycles. The van der Waals surface area contributed by atoms with Gasteiger partial charge in [-0.3, -0.25) is 0 Å². The molecule has 1 heterocycles. The number of aryl methyl sites for hydroxylation is 1. The van der Waals surface area contributed by atoms with Gasteiger partial charge in [0.1, 0.15) is 12.1 Å². The van der Waals surface area contributed by atoms with Crippen molar-refractivity contribution in [1.29, 1.82) is 0 Å². The van der Waals surface area contributed by atoms with Gasteiger partial charge in [-0.2, -0.15) is 13.2 Å². The maximum absolute atomic E-state index is 12.0. The van der Waals surface area contributed by atoms with Crippen LogP contribution in [0.5, 0.6) is 0 Å². The minimum absolute atomic E-state index is 0.416. The smallest absolute Gasteiger partial charge is 0.367 e. The van der Waals surface area contributed by atoms with Crippen molar-refractivity contribution in [2.45, 2.75) is 32.5 Å². The molecule has 1 aromatic heterocycles. The predicted molar refractivity (Wildman–Crippen MR) is 50.5 cm³/mol. The van der Waals surface area contributed by atoms with E-state index in [9.17, 15) is 13.2 Å². The van der Waals surface area contributed by atoms with E-state index >= 15 is 0 Å². The Morgan fingerprint density at radius 1 is 1.40 bits per heavy atom. The van der Waals surface area contributed by atoms with Crippen LogP contribution in [0.2, 0.25) is 0 Å². The Morgan fingerprint density at radius 2 is 2.07 bits per heavy atom. The molecule has 1 aromatic rings. The zero-order valence-electron chi connectivity index (χ0n) is 8.47. The van der Waals surface area contributed by atoms with Crippen molar-refractivity contribution >= 4 is 5.82 Å². The lowest BCUT2D eigenvalue weighted by Crippen LogP contribution is -2.24. The van der Waals surface area contributed by atoms with Gasteiger partial charge in [-0.15, -0.1) is 0 Å². The summed E-state index contributed by atoms with van der Waals surface area (Å²) in [6.45, 7) is 3.21. The third-order valence-corrected chi connectivity index (χ3v) is 1.74. The zero-order valence-corrected chi connectivity index (χ0v) is 8.47. The first-order chi connectivity index (χ1) is 6.87. The van der Waals surface area contributed by atoms with Crippen LogP contribution in [-0.2, 0) is 0 Å². The zero-order chi connectivity index (χ0) is 11.5. The Morgan fingerprint density at radius 3 is 2.60 bits per heavy atom. The molecule has 0 bridgehead atoms. The molecule has 0 aliphatic rings. The highest BCUT2D eigenvalue weighted by Crippen LogP contribution is 2.22. The standard InChI is InChI=1S/C9H12F3N3/c1-6-3-8(14-5-13-6)15-7(2)4-9(10,11)12/h3,5,7H,4H2,1-2H3,(H,13,14,15). The van der Waals surface area contributed by atoms with Crippen LogP contribution in [0, 0.1) is 6.92 Å². The van der Waals surface area contributed by atoms with Crippen molar-refractivity contribution in [3.05, 3.63) is 18.1 Å². The molecule has 0 aliphatic carbocycles. The van der Waals surface area contributed by atoms with E-state index in [2.05, 4.69) is 15.3 Å². The van der Waals surface area contributed by atoms with E-state index < -0.39 is 18.6 Å². The van der Waals surface area contributed by atoms with Gasteiger partial charge in [0.05, 0.1) is 6.42 Å². The van der Waals surface area contributed by atoms with Gasteiger partial charge in [0.25, 0.3) is 0 Å². The fourth-order valence-electron chi connectivity index (χ4n) is 1.18. The second kappa shape index (κ2) is 4.46. The number of nitrogens with zero attached hydrogens (tertiary/aromatic N) is 2. The molecule has 15 heavy (non-hydrogen) atoms. The molecule has 0 spiro atoms. The average Bonchev–Trinajstić information content (AvgIpc) is 1.99. The van der Waals surface area contributed by atoms with Gasteiger partial charge in [-0.25, -0.2) is 9.97 Å². The summed E-state index contributed by atoms with van der Waals surface area (Å²) in [4.78, 5) is 7.67. The third kappa shape index (κ3) is 4.62. The van der Waals surface area contributed by atoms with E-state index in [4.69, 9.17) is 0 Å². The van der Waals surface area contributed by atoms with Gasteiger partial charge in [0.15, 0.2) is 0 Å². The lowest BCUT2D eigenvalue weighted by atomic mass is 10.2. The highest BCUT2D eigenvalue weighted by molar-refractivity contribution is 5.35. The molecular weight excluding hydrogens is 207 g/mol. The number of hydrogen-bond donors (Lipinski definition) is 1. The number of rotatable bonds is 3. The van der Waals surface area contributed by atoms with E-state index in [1.165, 1.54) is 13.3 Å². The number of aromatic nitrogens is 2. The molecule has 0 saturated carbocycles. The quantitative estimate of drug-likeness (QED) is 0.848. The van der Waals surface area contributed by atoms with Crippen LogP contribution >= 0.6 is 0 Å². The first kappa shape index (κ1) is 11.7. The summed E-state index contributed by atoms with van der Waals surface area (Å²) in [5.74, 6) is 0.416. The molecule has 6 heteroatoms. The van der Waals surface area contributed by atoms with Gasteiger partial charge in [-0.05, 0) is 13.8 Å². The van der Waals surface area contributed by atoms with E-state index in [1.54, 1.807) is 13.0 Å². The lowest BCUT2D eigenvalue weighted by molar-refractivity contribution is -0.136. The summed E-state index contributed by atoms with van der Waals surface area (Å²) < 4.78 is 36.0. The van der Waals surface area contributed by atoms with Crippen LogP contribution in [-0.4, -0.2) is 22.2 Å². The van der Waals surface area contributed by atoms with Crippen LogP contribution in [0.15, 0.2) is 12.4 Å². The second-order valence-electron chi connectivity index (χ2n) is 3.41. The fraction of sp³-hybridized carbons (Fsp3) is 0.556. The van der Waals surface area contributed by atoms with Gasteiger partial charge in [0, 0.05) is 17.8 Å². The summed E-state index contributed by atoms with van der Waals surface area (Å²) in [5.41, 5.74) is 0.715. The Kier molecular flexibility index (Phi) is 3.49. The molecule has 84 valence electrons. The Hall–Kier alpha value is -1.33. The van der Waals surface area contributed by atoms with E-state index in [1.807, 2.05) is 0 Å². The topological polar surface area (TPSA) is 37.8 Å². The fourth-order valence-corrected chi connectivity index (χ4v) is 1.18. The molecule has 0 aliphatic heterocycles. The molecule has 1 unspecified atom stereocenters. The number of hydrogen-bond acceptors (Lipinski definition) is 3. The summed E-state index contributed by atoms with van der Waals surface area (Å²) in [6.07, 6.45) is -3.72. The number of nitrogens with one attached hydrogen (secondary N) is 1. The Balaban J connectivity index is 2.55. The monoisotopic (exact) mass is 219 g/mol. The van der Waals surface area contributed by atoms with Gasteiger partial charge in [-0.1, -0.05) is 0 Å². The summed E-state index contributed by atoms with van der Waals surface area (Å²) in [7, 11) is 0. The van der Waals surface area contributed by atoms with Gasteiger partial charge < -0.3 is 5.32 Å². The second-order valence-corrected chi connectivity index (χ2v) is 3.41. The van der Waals surface area contributed by atoms with Crippen molar-refractivity contribution < 1.29 is 13.2 Å². The van der Waals surface area contributed by atoms with Crippen LogP contribution in [0.25, 0.3) is 0 Å². The minimum Gasteiger partial charge on any atom is -0.367 e. The summed E-state index contributed by atoms with van der Waals surface area (Å²) >= 11 is 0. The largest absolute Gasteiger partial charge is 0.391 e. The third-order valence-electron chi connectivity index (χ3n) is 1.74. The van der Waals surface area contributed by atoms with E-state index in [0.29, 0.717) is 11.5 Å². The molecule has 1 rings (SSSR count). The highest BCUT2D eigenvalue weighted by atomic mass is 19.4.